The number of carbonyl (C=O) groups is 1. The van der Waals surface area contributed by atoms with Crippen LogP contribution in [0.25, 0.3) is 0 Å². The minimum atomic E-state index is -1.50. The molecule has 2 heterocycles. The van der Waals surface area contributed by atoms with Crippen LogP contribution in [-0.2, 0) is 4.79 Å². The van der Waals surface area contributed by atoms with Crippen LogP contribution in [0, 0.1) is 10.1 Å². The van der Waals surface area contributed by atoms with Gasteiger partial charge in [-0.05, 0) is 19.1 Å². The molecule has 0 radical (unpaired) electrons. The minimum Gasteiger partial charge on any atom is -0.493 e. The molecule has 1 aliphatic heterocycles. The smallest absolute Gasteiger partial charge is 0.291 e. The predicted molar refractivity (Wildman–Crippen MR) is 98.5 cm³/mol. The molecule has 1 N–H and O–H groups in total. The van der Waals surface area contributed by atoms with Crippen molar-refractivity contribution < 1.29 is 24.6 Å². The van der Waals surface area contributed by atoms with E-state index in [0.717, 1.165) is 12.3 Å². The highest BCUT2D eigenvalue weighted by Gasteiger charge is 2.48. The molecule has 27 heavy (non-hydrogen) atoms. The number of carbonyl (C=O) groups excluding carboxylic acids is 1. The van der Waals surface area contributed by atoms with E-state index in [0.29, 0.717) is 11.5 Å². The third-order valence-electron chi connectivity index (χ3n) is 3.87. The molecule has 1 aromatic carbocycles. The SMILES string of the molecule is COc1ccccc1OCC1(C(C)=O)SCCN1n1ccnc1.O=[N+]([O-])O. The summed E-state index contributed by atoms with van der Waals surface area (Å²) >= 11 is 1.60. The van der Waals surface area contributed by atoms with Gasteiger partial charge in [-0.25, -0.2) is 4.98 Å². The molecule has 1 saturated heterocycles. The number of thioether (sulfide) groups is 1. The number of methoxy groups -OCH3 is 1. The Hall–Kier alpha value is -2.95. The molecule has 11 heteroatoms. The van der Waals surface area contributed by atoms with Crippen molar-refractivity contribution in [2.24, 2.45) is 0 Å². The van der Waals surface area contributed by atoms with Crippen LogP contribution in [0.1, 0.15) is 6.92 Å². The van der Waals surface area contributed by atoms with E-state index in [1.54, 1.807) is 38.3 Å². The molecule has 1 unspecified atom stereocenters. The summed E-state index contributed by atoms with van der Waals surface area (Å²) in [6.07, 6.45) is 5.24. The molecular formula is C16H20N4O6S. The molecule has 1 atom stereocenters. The maximum atomic E-state index is 12.4. The second kappa shape index (κ2) is 9.12. The normalized spacial score (nSPS) is 18.4. The maximum Gasteiger partial charge on any atom is 0.291 e. The molecular weight excluding hydrogens is 376 g/mol. The fourth-order valence-corrected chi connectivity index (χ4v) is 3.95. The lowest BCUT2D eigenvalue weighted by Crippen LogP contribution is -2.56. The molecule has 2 aromatic rings. The second-order valence-electron chi connectivity index (χ2n) is 5.43. The summed E-state index contributed by atoms with van der Waals surface area (Å²) in [5.41, 5.74) is 0. The van der Waals surface area contributed by atoms with Gasteiger partial charge in [0.15, 0.2) is 22.2 Å². The van der Waals surface area contributed by atoms with Crippen molar-refractivity contribution in [2.45, 2.75) is 11.8 Å². The van der Waals surface area contributed by atoms with E-state index in [1.165, 1.54) is 0 Å². The second-order valence-corrected chi connectivity index (χ2v) is 6.80. The Bertz CT molecular complexity index is 768. The molecule has 3 rings (SSSR count). The Kier molecular flexibility index (Phi) is 6.88. The lowest BCUT2D eigenvalue weighted by atomic mass is 10.2. The van der Waals surface area contributed by atoms with E-state index < -0.39 is 9.96 Å². The van der Waals surface area contributed by atoms with Crippen molar-refractivity contribution in [2.75, 3.05) is 31.0 Å². The zero-order chi connectivity index (χ0) is 19.9. The van der Waals surface area contributed by atoms with Crippen LogP contribution < -0.4 is 14.5 Å². The zero-order valence-electron chi connectivity index (χ0n) is 14.8. The van der Waals surface area contributed by atoms with Crippen molar-refractivity contribution in [3.05, 3.63) is 53.1 Å². The van der Waals surface area contributed by atoms with Crippen LogP contribution in [-0.4, -0.2) is 56.6 Å². The highest BCUT2D eigenvalue weighted by atomic mass is 32.2. The van der Waals surface area contributed by atoms with Gasteiger partial charge in [0.25, 0.3) is 5.09 Å². The molecule has 1 aliphatic rings. The molecule has 0 spiro atoms. The number of imidazole rings is 1. The van der Waals surface area contributed by atoms with Gasteiger partial charge in [0.1, 0.15) is 12.9 Å². The molecule has 10 nitrogen and oxygen atoms in total. The standard InChI is InChI=1S/C16H19N3O3S.HNO3/c1-13(20)16(11-22-15-6-4-3-5-14(15)21-2)19(9-10-23-16)18-8-7-17-12-18;2-1(3)4/h3-8,12H,9-11H2,1-2H3;(H,2,3,4). The minimum absolute atomic E-state index is 0.0589. The third-order valence-corrected chi connectivity index (χ3v) is 5.35. The summed E-state index contributed by atoms with van der Waals surface area (Å²) in [5, 5.41) is 15.6. The van der Waals surface area contributed by atoms with Gasteiger partial charge in [-0.15, -0.1) is 21.9 Å². The van der Waals surface area contributed by atoms with Gasteiger partial charge >= 0.3 is 0 Å². The summed E-state index contributed by atoms with van der Waals surface area (Å²) in [7, 11) is 1.60. The number of rotatable bonds is 6. The van der Waals surface area contributed by atoms with E-state index in [-0.39, 0.29) is 12.4 Å². The number of hydrogen-bond acceptors (Lipinski definition) is 8. The van der Waals surface area contributed by atoms with Gasteiger partial charge < -0.3 is 14.7 Å². The lowest BCUT2D eigenvalue weighted by molar-refractivity contribution is -0.742. The summed E-state index contributed by atoms with van der Waals surface area (Å²) in [5.74, 6) is 2.20. The van der Waals surface area contributed by atoms with Gasteiger partial charge in [0.05, 0.1) is 7.11 Å². The monoisotopic (exact) mass is 396 g/mol. The number of nitrogens with zero attached hydrogens (tertiary/aromatic N) is 4. The molecule has 0 saturated carbocycles. The lowest BCUT2D eigenvalue weighted by Gasteiger charge is -2.36. The van der Waals surface area contributed by atoms with Crippen LogP contribution in [0.3, 0.4) is 0 Å². The number of Topliss-reactive ketones (excluding diaryl/α,β-unsaturated/α-hetero) is 1. The van der Waals surface area contributed by atoms with E-state index >= 15 is 0 Å². The summed E-state index contributed by atoms with van der Waals surface area (Å²) < 4.78 is 13.1. The van der Waals surface area contributed by atoms with Gasteiger partial charge in [-0.2, -0.15) is 0 Å². The third kappa shape index (κ3) is 4.82. The molecule has 0 bridgehead atoms. The summed E-state index contributed by atoms with van der Waals surface area (Å²) in [4.78, 5) is 24.1. The fourth-order valence-electron chi connectivity index (χ4n) is 2.67. The van der Waals surface area contributed by atoms with E-state index in [4.69, 9.17) is 24.8 Å². The van der Waals surface area contributed by atoms with Gasteiger partial charge in [0.2, 0.25) is 0 Å². The highest BCUT2D eigenvalue weighted by molar-refractivity contribution is 8.01. The average Bonchev–Trinajstić information content (AvgIpc) is 3.29. The number of benzene rings is 1. The van der Waals surface area contributed by atoms with Crippen LogP contribution in [0.15, 0.2) is 43.0 Å². The molecule has 146 valence electrons. The van der Waals surface area contributed by atoms with Crippen LogP contribution in [0.4, 0.5) is 0 Å². The number of para-hydroxylation sites is 2. The molecule has 1 aromatic heterocycles. The van der Waals surface area contributed by atoms with E-state index in [1.807, 2.05) is 40.1 Å². The Morgan fingerprint density at radius 3 is 2.67 bits per heavy atom. The first kappa shape index (κ1) is 20.4. The fraction of sp³-hybridized carbons (Fsp3) is 0.375. The van der Waals surface area contributed by atoms with Gasteiger partial charge in [-0.3, -0.25) is 14.5 Å². The Morgan fingerprint density at radius 2 is 2.11 bits per heavy atom. The molecule has 1 fully saturated rings. The first-order chi connectivity index (χ1) is 12.9. The Morgan fingerprint density at radius 1 is 1.44 bits per heavy atom. The van der Waals surface area contributed by atoms with Crippen molar-refractivity contribution >= 4 is 17.5 Å². The van der Waals surface area contributed by atoms with Crippen molar-refractivity contribution in [3.8, 4) is 11.5 Å². The van der Waals surface area contributed by atoms with Gasteiger partial charge in [0, 0.05) is 24.7 Å². The first-order valence-electron chi connectivity index (χ1n) is 7.90. The number of ether oxygens (including phenoxy) is 2. The number of ketones is 1. The zero-order valence-corrected chi connectivity index (χ0v) is 15.7. The molecule has 0 amide bonds. The predicted octanol–water partition coefficient (Wildman–Crippen LogP) is 1.59. The van der Waals surface area contributed by atoms with Gasteiger partial charge in [-0.1, -0.05) is 12.1 Å². The van der Waals surface area contributed by atoms with Crippen molar-refractivity contribution in [3.63, 3.8) is 0 Å². The number of hydrogen-bond donors (Lipinski definition) is 1. The largest absolute Gasteiger partial charge is 0.493 e. The number of aromatic nitrogens is 2. The van der Waals surface area contributed by atoms with Crippen molar-refractivity contribution in [1.29, 1.82) is 0 Å². The van der Waals surface area contributed by atoms with E-state index in [2.05, 4.69) is 4.98 Å². The quantitative estimate of drug-likeness (QED) is 0.573. The molecule has 0 aliphatic carbocycles. The van der Waals surface area contributed by atoms with Crippen molar-refractivity contribution in [1.82, 2.24) is 9.66 Å². The highest BCUT2D eigenvalue weighted by Crippen LogP contribution is 2.37. The summed E-state index contributed by atoms with van der Waals surface area (Å²) in [6.45, 7) is 2.61. The Labute approximate surface area is 159 Å². The van der Waals surface area contributed by atoms with Crippen LogP contribution in [0.5, 0.6) is 11.5 Å². The Balaban J connectivity index is 0.000000596. The van der Waals surface area contributed by atoms with E-state index in [9.17, 15) is 4.79 Å². The topological polar surface area (TPSA) is 120 Å². The average molecular weight is 396 g/mol. The van der Waals surface area contributed by atoms with Crippen LogP contribution >= 0.6 is 11.8 Å². The first-order valence-corrected chi connectivity index (χ1v) is 8.89. The summed E-state index contributed by atoms with van der Waals surface area (Å²) in [6, 6.07) is 7.45. The van der Waals surface area contributed by atoms with Crippen LogP contribution in [0.2, 0.25) is 0 Å². The maximum absolute atomic E-state index is 12.4.